The van der Waals surface area contributed by atoms with Crippen LogP contribution < -0.4 is 15.9 Å². The minimum Gasteiger partial charge on any atom is -0.485 e. The van der Waals surface area contributed by atoms with Crippen LogP contribution in [-0.4, -0.2) is 32.6 Å². The van der Waals surface area contributed by atoms with Crippen molar-refractivity contribution in [1.82, 2.24) is 20.2 Å². The highest BCUT2D eigenvalue weighted by atomic mass is 32.2. The Balaban J connectivity index is 1.15. The molecule has 2 aromatic rings. The molecule has 1 aromatic heterocycles. The van der Waals surface area contributed by atoms with Crippen LogP contribution >= 0.6 is 11.8 Å². The first kappa shape index (κ1) is 24.5. The molecule has 4 bridgehead atoms. The number of nitrogens with zero attached hydrogens (tertiary/aromatic N) is 3. The van der Waals surface area contributed by atoms with Crippen LogP contribution in [0.2, 0.25) is 0 Å². The topological polar surface area (TPSA) is 95.1 Å². The first-order chi connectivity index (χ1) is 16.7. The van der Waals surface area contributed by atoms with Gasteiger partial charge in [0.15, 0.2) is 5.82 Å². The summed E-state index contributed by atoms with van der Waals surface area (Å²) in [6, 6.07) is 6.45. The second-order valence-corrected chi connectivity index (χ2v) is 12.6. The van der Waals surface area contributed by atoms with Crippen molar-refractivity contribution in [2.24, 2.45) is 23.2 Å². The average Bonchev–Trinajstić information content (AvgIpc) is 3.14. The van der Waals surface area contributed by atoms with Gasteiger partial charge in [-0.1, -0.05) is 37.7 Å². The van der Waals surface area contributed by atoms with E-state index in [2.05, 4.69) is 48.4 Å². The van der Waals surface area contributed by atoms with Gasteiger partial charge in [-0.2, -0.15) is 0 Å². The van der Waals surface area contributed by atoms with E-state index in [0.29, 0.717) is 22.3 Å². The Hall–Kier alpha value is -2.22. The molecule has 1 heterocycles. The van der Waals surface area contributed by atoms with Crippen LogP contribution in [0.15, 0.2) is 23.4 Å². The molecule has 8 heteroatoms. The summed E-state index contributed by atoms with van der Waals surface area (Å²) in [5.74, 6) is 10.9. The lowest BCUT2D eigenvalue weighted by Gasteiger charge is -2.59. The number of benzene rings is 1. The molecule has 190 valence electrons. The zero-order valence-electron chi connectivity index (χ0n) is 21.4. The Bertz CT molecular complexity index is 1050. The SMILES string of the molecule is Cc1ccc(C(C)C)c(OCc2nnc(SCC(=O)N[C@H](C)C34CC5CC(CC(C5)C3)C4)n2N)c1. The fraction of sp³-hybridized carbons (Fsp3) is 0.667. The van der Waals surface area contributed by atoms with Gasteiger partial charge in [0.05, 0.1) is 5.75 Å². The summed E-state index contributed by atoms with van der Waals surface area (Å²) in [6.07, 6.45) is 8.10. The van der Waals surface area contributed by atoms with Crippen LogP contribution in [0, 0.1) is 30.1 Å². The molecule has 4 aliphatic rings. The molecule has 7 nitrogen and oxygen atoms in total. The Morgan fingerprint density at radius 2 is 1.83 bits per heavy atom. The van der Waals surface area contributed by atoms with Gasteiger partial charge in [-0.15, -0.1) is 10.2 Å². The van der Waals surface area contributed by atoms with E-state index in [4.69, 9.17) is 10.6 Å². The molecular weight excluding hydrogens is 458 g/mol. The predicted molar refractivity (Wildman–Crippen MR) is 139 cm³/mol. The summed E-state index contributed by atoms with van der Waals surface area (Å²) < 4.78 is 7.50. The molecule has 35 heavy (non-hydrogen) atoms. The zero-order chi connectivity index (χ0) is 24.7. The van der Waals surface area contributed by atoms with Gasteiger partial charge in [0, 0.05) is 6.04 Å². The lowest BCUT2D eigenvalue weighted by Crippen LogP contribution is -2.56. The molecule has 0 unspecified atom stereocenters. The Labute approximate surface area is 212 Å². The molecule has 0 radical (unpaired) electrons. The maximum absolute atomic E-state index is 12.8. The number of carbonyl (C=O) groups is 1. The van der Waals surface area contributed by atoms with Crippen molar-refractivity contribution < 1.29 is 9.53 Å². The number of thioether (sulfide) groups is 1. The summed E-state index contributed by atoms with van der Waals surface area (Å²) in [7, 11) is 0. The summed E-state index contributed by atoms with van der Waals surface area (Å²) in [5, 5.41) is 12.2. The molecule has 1 atom stereocenters. The van der Waals surface area contributed by atoms with E-state index in [1.54, 1.807) is 0 Å². The molecule has 1 aromatic carbocycles. The summed E-state index contributed by atoms with van der Waals surface area (Å²) in [4.78, 5) is 12.8. The van der Waals surface area contributed by atoms with Gasteiger partial charge in [-0.25, -0.2) is 4.68 Å². The fourth-order valence-corrected chi connectivity index (χ4v) is 7.85. The summed E-state index contributed by atoms with van der Waals surface area (Å²) in [6.45, 7) is 8.78. The minimum atomic E-state index is 0.0420. The van der Waals surface area contributed by atoms with E-state index >= 15 is 0 Å². The zero-order valence-corrected chi connectivity index (χ0v) is 22.2. The van der Waals surface area contributed by atoms with Gasteiger partial charge in [0.1, 0.15) is 12.4 Å². The van der Waals surface area contributed by atoms with Gasteiger partial charge in [0.2, 0.25) is 11.1 Å². The maximum atomic E-state index is 12.8. The monoisotopic (exact) mass is 497 g/mol. The highest BCUT2D eigenvalue weighted by molar-refractivity contribution is 7.99. The third kappa shape index (κ3) is 5.04. The average molecular weight is 498 g/mol. The van der Waals surface area contributed by atoms with Gasteiger partial charge in [0.25, 0.3) is 0 Å². The standard InChI is InChI=1S/C27H39N5O2S/c1-16(2)22-6-5-17(3)7-23(22)34-14-24-30-31-26(32(24)28)35-15-25(33)29-18(4)27-11-19-8-20(12-27)10-21(9-19)13-27/h5-7,16,18-21H,8-15,28H2,1-4H3,(H,29,33)/t18-,19?,20?,21?,27?/m1/s1. The summed E-state index contributed by atoms with van der Waals surface area (Å²) in [5.41, 5.74) is 2.60. The Morgan fingerprint density at radius 3 is 2.46 bits per heavy atom. The lowest BCUT2D eigenvalue weighted by molar-refractivity contribution is -0.123. The number of amides is 1. The van der Waals surface area contributed by atoms with Crippen LogP contribution in [0.3, 0.4) is 0 Å². The van der Waals surface area contributed by atoms with Crippen molar-refractivity contribution in [2.75, 3.05) is 11.6 Å². The van der Waals surface area contributed by atoms with Crippen LogP contribution in [0.5, 0.6) is 5.75 Å². The molecule has 0 aliphatic heterocycles. The maximum Gasteiger partial charge on any atom is 0.230 e. The predicted octanol–water partition coefficient (Wildman–Crippen LogP) is 4.82. The molecule has 4 fully saturated rings. The van der Waals surface area contributed by atoms with Crippen LogP contribution in [-0.2, 0) is 11.4 Å². The van der Waals surface area contributed by atoms with E-state index < -0.39 is 0 Å². The van der Waals surface area contributed by atoms with E-state index in [0.717, 1.165) is 34.6 Å². The number of aryl methyl sites for hydroxylation is 1. The first-order valence-corrected chi connectivity index (χ1v) is 14.1. The van der Waals surface area contributed by atoms with Crippen molar-refractivity contribution in [3.05, 3.63) is 35.2 Å². The highest BCUT2D eigenvalue weighted by Crippen LogP contribution is 2.61. The van der Waals surface area contributed by atoms with Crippen molar-refractivity contribution in [3.8, 4) is 5.75 Å². The van der Waals surface area contributed by atoms with Crippen molar-refractivity contribution in [3.63, 3.8) is 0 Å². The normalized spacial score (nSPS) is 27.9. The van der Waals surface area contributed by atoms with Gasteiger partial charge < -0.3 is 15.9 Å². The Kier molecular flexibility index (Phi) is 6.77. The molecule has 3 N–H and O–H groups in total. The van der Waals surface area contributed by atoms with Crippen molar-refractivity contribution in [1.29, 1.82) is 0 Å². The highest BCUT2D eigenvalue weighted by Gasteiger charge is 2.53. The van der Waals surface area contributed by atoms with Gasteiger partial charge in [-0.05, 0) is 98.7 Å². The molecule has 1 amide bonds. The number of nitrogens with one attached hydrogen (secondary N) is 1. The molecular formula is C27H39N5O2S. The van der Waals surface area contributed by atoms with E-state index in [1.807, 2.05) is 13.0 Å². The van der Waals surface area contributed by atoms with Crippen LogP contribution in [0.4, 0.5) is 0 Å². The second-order valence-electron chi connectivity index (χ2n) is 11.6. The molecule has 0 saturated heterocycles. The quantitative estimate of drug-likeness (QED) is 0.381. The number of hydrogen-bond acceptors (Lipinski definition) is 6. The molecule has 0 spiro atoms. The molecule has 4 aliphatic carbocycles. The minimum absolute atomic E-state index is 0.0420. The van der Waals surface area contributed by atoms with Gasteiger partial charge in [-0.3, -0.25) is 4.79 Å². The first-order valence-electron chi connectivity index (χ1n) is 13.1. The van der Waals surface area contributed by atoms with E-state index in [-0.39, 0.29) is 24.3 Å². The van der Waals surface area contributed by atoms with Crippen LogP contribution in [0.1, 0.15) is 82.2 Å². The fourth-order valence-electron chi connectivity index (χ4n) is 7.16. The third-order valence-corrected chi connectivity index (χ3v) is 9.54. The Morgan fingerprint density at radius 1 is 1.17 bits per heavy atom. The lowest BCUT2D eigenvalue weighted by atomic mass is 9.48. The number of ether oxygens (including phenoxy) is 1. The summed E-state index contributed by atoms with van der Waals surface area (Å²) >= 11 is 1.32. The second kappa shape index (κ2) is 9.68. The van der Waals surface area contributed by atoms with Crippen LogP contribution in [0.25, 0.3) is 0 Å². The smallest absolute Gasteiger partial charge is 0.230 e. The van der Waals surface area contributed by atoms with Crippen molar-refractivity contribution >= 4 is 17.7 Å². The number of hydrogen-bond donors (Lipinski definition) is 2. The van der Waals surface area contributed by atoms with E-state index in [1.165, 1.54) is 55.0 Å². The van der Waals surface area contributed by atoms with Crippen molar-refractivity contribution in [2.45, 2.75) is 89.9 Å². The molecule has 4 saturated carbocycles. The molecule has 6 rings (SSSR count). The number of aromatic nitrogens is 3. The largest absolute Gasteiger partial charge is 0.485 e. The van der Waals surface area contributed by atoms with Gasteiger partial charge >= 0.3 is 0 Å². The van der Waals surface area contributed by atoms with E-state index in [9.17, 15) is 4.79 Å². The number of rotatable bonds is 9. The number of nitrogen functional groups attached to an aromatic ring is 1. The number of nitrogens with two attached hydrogens (primary N) is 1. The number of carbonyl (C=O) groups excluding carboxylic acids is 1. The third-order valence-electron chi connectivity index (χ3n) is 8.60.